The van der Waals surface area contributed by atoms with Gasteiger partial charge in [-0.05, 0) is 37.1 Å². The van der Waals surface area contributed by atoms with E-state index in [0.29, 0.717) is 12.2 Å². The smallest absolute Gasteiger partial charge is 0.335 e. The summed E-state index contributed by atoms with van der Waals surface area (Å²) in [6.07, 6.45) is 4.55. The fraction of sp³-hybridized carbons (Fsp3) is 0.533. The van der Waals surface area contributed by atoms with Gasteiger partial charge in [-0.2, -0.15) is 0 Å². The molecule has 2 aliphatic rings. The minimum absolute atomic E-state index is 0.136. The molecule has 0 amide bonds. The standard InChI is InChI=1S/C15H18O4S/c16-14(17)11-3-5-13(6-4-11)20-10-12-9-18-15(19-12)7-1-2-8-15/h3-6,12H,1-2,7-10H2,(H,16,17). The second-order valence-electron chi connectivity index (χ2n) is 5.31. The number of hydrogen-bond acceptors (Lipinski definition) is 4. The second-order valence-corrected chi connectivity index (χ2v) is 6.40. The number of carboxylic acid groups (broad SMARTS) is 1. The van der Waals surface area contributed by atoms with Crippen LogP contribution in [-0.4, -0.2) is 35.3 Å². The molecular weight excluding hydrogens is 276 g/mol. The zero-order chi connectivity index (χ0) is 14.0. The van der Waals surface area contributed by atoms with Gasteiger partial charge in [-0.15, -0.1) is 11.8 Å². The van der Waals surface area contributed by atoms with Crippen molar-refractivity contribution in [3.8, 4) is 0 Å². The second kappa shape index (κ2) is 5.76. The zero-order valence-corrected chi connectivity index (χ0v) is 12.0. The Labute approximate surface area is 122 Å². The Morgan fingerprint density at radius 3 is 2.65 bits per heavy atom. The molecule has 1 heterocycles. The largest absolute Gasteiger partial charge is 0.478 e. The third kappa shape index (κ3) is 3.00. The molecule has 1 aromatic carbocycles. The number of benzene rings is 1. The van der Waals surface area contributed by atoms with Crippen molar-refractivity contribution in [2.75, 3.05) is 12.4 Å². The van der Waals surface area contributed by atoms with E-state index in [1.165, 1.54) is 12.8 Å². The van der Waals surface area contributed by atoms with Gasteiger partial charge in [0.25, 0.3) is 0 Å². The molecule has 1 aliphatic heterocycles. The van der Waals surface area contributed by atoms with Crippen LogP contribution < -0.4 is 0 Å². The molecule has 4 nitrogen and oxygen atoms in total. The molecule has 108 valence electrons. The van der Waals surface area contributed by atoms with E-state index in [9.17, 15) is 4.79 Å². The number of hydrogen-bond donors (Lipinski definition) is 1. The number of ether oxygens (including phenoxy) is 2. The Morgan fingerprint density at radius 2 is 2.00 bits per heavy atom. The van der Waals surface area contributed by atoms with Crippen LogP contribution in [0.4, 0.5) is 0 Å². The summed E-state index contributed by atoms with van der Waals surface area (Å²) in [7, 11) is 0. The van der Waals surface area contributed by atoms with Crippen molar-refractivity contribution in [2.45, 2.75) is 42.5 Å². The van der Waals surface area contributed by atoms with E-state index in [0.717, 1.165) is 23.5 Å². The van der Waals surface area contributed by atoms with Crippen LogP contribution in [0.25, 0.3) is 0 Å². The van der Waals surface area contributed by atoms with Gasteiger partial charge in [-0.1, -0.05) is 0 Å². The normalized spacial score (nSPS) is 24.3. The quantitative estimate of drug-likeness (QED) is 0.864. The number of carboxylic acids is 1. The Balaban J connectivity index is 1.51. The van der Waals surface area contributed by atoms with E-state index in [-0.39, 0.29) is 11.9 Å². The molecule has 1 saturated carbocycles. The molecule has 2 fully saturated rings. The van der Waals surface area contributed by atoms with Crippen molar-refractivity contribution in [1.29, 1.82) is 0 Å². The summed E-state index contributed by atoms with van der Waals surface area (Å²) >= 11 is 1.68. The topological polar surface area (TPSA) is 55.8 Å². The van der Waals surface area contributed by atoms with E-state index in [2.05, 4.69) is 0 Å². The number of rotatable bonds is 4. The first-order valence-electron chi connectivity index (χ1n) is 6.95. The van der Waals surface area contributed by atoms with Gasteiger partial charge in [0.05, 0.1) is 18.3 Å². The van der Waals surface area contributed by atoms with E-state index in [1.54, 1.807) is 23.9 Å². The molecule has 0 aromatic heterocycles. The van der Waals surface area contributed by atoms with E-state index >= 15 is 0 Å². The van der Waals surface area contributed by atoms with E-state index in [1.807, 2.05) is 12.1 Å². The summed E-state index contributed by atoms with van der Waals surface area (Å²) in [4.78, 5) is 11.8. The lowest BCUT2D eigenvalue weighted by molar-refractivity contribution is -0.159. The summed E-state index contributed by atoms with van der Waals surface area (Å²) in [5, 5.41) is 8.85. The molecular formula is C15H18O4S. The van der Waals surface area contributed by atoms with E-state index < -0.39 is 5.97 Å². The van der Waals surface area contributed by atoms with Crippen LogP contribution in [-0.2, 0) is 9.47 Å². The van der Waals surface area contributed by atoms with Gasteiger partial charge in [0.1, 0.15) is 0 Å². The highest BCUT2D eigenvalue weighted by atomic mass is 32.2. The fourth-order valence-electron chi connectivity index (χ4n) is 2.76. The number of thioether (sulfide) groups is 1. The monoisotopic (exact) mass is 294 g/mol. The molecule has 1 atom stereocenters. The van der Waals surface area contributed by atoms with Crippen LogP contribution in [0, 0.1) is 0 Å². The maximum absolute atomic E-state index is 10.8. The first-order valence-corrected chi connectivity index (χ1v) is 7.93. The molecule has 1 unspecified atom stereocenters. The van der Waals surface area contributed by atoms with Crippen molar-refractivity contribution < 1.29 is 19.4 Å². The lowest BCUT2D eigenvalue weighted by atomic mass is 10.2. The van der Waals surface area contributed by atoms with E-state index in [4.69, 9.17) is 14.6 Å². The average Bonchev–Trinajstić information content (AvgIpc) is 3.08. The van der Waals surface area contributed by atoms with Gasteiger partial charge in [-0.25, -0.2) is 4.79 Å². The summed E-state index contributed by atoms with van der Waals surface area (Å²) in [5.41, 5.74) is 0.319. The molecule has 20 heavy (non-hydrogen) atoms. The van der Waals surface area contributed by atoms with Crippen molar-refractivity contribution >= 4 is 17.7 Å². The van der Waals surface area contributed by atoms with Gasteiger partial charge in [0.15, 0.2) is 5.79 Å². The summed E-state index contributed by atoms with van der Waals surface area (Å²) < 4.78 is 11.9. The lowest BCUT2D eigenvalue weighted by Crippen LogP contribution is -2.27. The Morgan fingerprint density at radius 1 is 1.30 bits per heavy atom. The van der Waals surface area contributed by atoms with Crippen molar-refractivity contribution in [3.05, 3.63) is 29.8 Å². The summed E-state index contributed by atoms with van der Waals surface area (Å²) in [6, 6.07) is 6.95. The molecule has 1 saturated heterocycles. The number of carbonyl (C=O) groups is 1. The summed E-state index contributed by atoms with van der Waals surface area (Å²) in [5.74, 6) is -0.343. The highest BCUT2D eigenvalue weighted by Gasteiger charge is 2.43. The van der Waals surface area contributed by atoms with Gasteiger partial charge in [-0.3, -0.25) is 0 Å². The van der Waals surface area contributed by atoms with Crippen molar-refractivity contribution in [3.63, 3.8) is 0 Å². The third-order valence-corrected chi connectivity index (χ3v) is 4.96. The van der Waals surface area contributed by atoms with Crippen molar-refractivity contribution in [1.82, 2.24) is 0 Å². The lowest BCUT2D eigenvalue weighted by Gasteiger charge is -2.21. The van der Waals surface area contributed by atoms with Crippen LogP contribution in [0.1, 0.15) is 36.0 Å². The zero-order valence-electron chi connectivity index (χ0n) is 11.2. The minimum Gasteiger partial charge on any atom is -0.478 e. The molecule has 0 bridgehead atoms. The number of aromatic carboxylic acids is 1. The predicted octanol–water partition coefficient (Wildman–Crippen LogP) is 3.16. The summed E-state index contributed by atoms with van der Waals surface area (Å²) in [6.45, 7) is 0.667. The first kappa shape index (κ1) is 13.9. The van der Waals surface area contributed by atoms with Crippen LogP contribution in [0.2, 0.25) is 0 Å². The van der Waals surface area contributed by atoms with Crippen LogP contribution in [0.15, 0.2) is 29.2 Å². The predicted molar refractivity (Wildman–Crippen MR) is 76.1 cm³/mol. The highest BCUT2D eigenvalue weighted by Crippen LogP contribution is 2.40. The van der Waals surface area contributed by atoms with Crippen LogP contribution in [0.3, 0.4) is 0 Å². The van der Waals surface area contributed by atoms with Crippen LogP contribution in [0.5, 0.6) is 0 Å². The van der Waals surface area contributed by atoms with Gasteiger partial charge in [0, 0.05) is 23.5 Å². The molecule has 1 N–H and O–H groups in total. The Bertz CT molecular complexity index is 479. The average molecular weight is 294 g/mol. The highest BCUT2D eigenvalue weighted by molar-refractivity contribution is 7.99. The molecule has 1 aliphatic carbocycles. The fourth-order valence-corrected chi connectivity index (χ4v) is 3.63. The van der Waals surface area contributed by atoms with Crippen molar-refractivity contribution in [2.24, 2.45) is 0 Å². The van der Waals surface area contributed by atoms with Gasteiger partial charge in [0.2, 0.25) is 0 Å². The van der Waals surface area contributed by atoms with Crippen LogP contribution >= 0.6 is 11.8 Å². The minimum atomic E-state index is -0.891. The third-order valence-electron chi connectivity index (χ3n) is 3.82. The molecule has 1 spiro atoms. The SMILES string of the molecule is O=C(O)c1ccc(SCC2COC3(CCCC3)O2)cc1. The maximum atomic E-state index is 10.8. The molecule has 5 heteroatoms. The molecule has 1 aromatic rings. The van der Waals surface area contributed by atoms with Gasteiger partial charge < -0.3 is 14.6 Å². The van der Waals surface area contributed by atoms with Gasteiger partial charge >= 0.3 is 5.97 Å². The first-order chi connectivity index (χ1) is 9.67. The maximum Gasteiger partial charge on any atom is 0.335 e. The molecule has 3 rings (SSSR count). The Kier molecular flexibility index (Phi) is 4.01. The Hall–Kier alpha value is -1.04. The molecule has 0 radical (unpaired) electrons.